The van der Waals surface area contributed by atoms with Crippen molar-refractivity contribution in [2.24, 2.45) is 0 Å². The summed E-state index contributed by atoms with van der Waals surface area (Å²) in [6, 6.07) is 6.63. The van der Waals surface area contributed by atoms with Crippen LogP contribution < -0.4 is 5.32 Å². The van der Waals surface area contributed by atoms with Gasteiger partial charge in [-0.25, -0.2) is 9.78 Å². The molecule has 0 fully saturated rings. The van der Waals surface area contributed by atoms with Gasteiger partial charge in [0, 0.05) is 0 Å². The minimum absolute atomic E-state index is 0.192. The van der Waals surface area contributed by atoms with Crippen LogP contribution in [0.15, 0.2) is 30.6 Å². The highest BCUT2D eigenvalue weighted by Gasteiger charge is 2.20. The Morgan fingerprint density at radius 2 is 2.06 bits per heavy atom. The molecule has 0 unspecified atom stereocenters. The number of aromatic carboxylic acids is 1. The Bertz CT molecular complexity index is 609. The van der Waals surface area contributed by atoms with E-state index in [2.05, 4.69) is 15.3 Å². The third-order valence-electron chi connectivity index (χ3n) is 2.19. The molecule has 92 valence electrons. The maximum Gasteiger partial charge on any atom is 0.354 e. The Balaban J connectivity index is 2.25. The van der Waals surface area contributed by atoms with Crippen LogP contribution in [0.3, 0.4) is 0 Å². The monoisotopic (exact) mass is 265 g/mol. The number of halogens is 1. The molecule has 1 aromatic carbocycles. The molecule has 7 heteroatoms. The fraction of sp³-hybridized carbons (Fsp3) is 0. The summed E-state index contributed by atoms with van der Waals surface area (Å²) in [6.45, 7) is 0. The molecule has 0 spiro atoms. The summed E-state index contributed by atoms with van der Waals surface area (Å²) in [5.41, 5.74) is -0.0644. The summed E-state index contributed by atoms with van der Waals surface area (Å²) in [5, 5.41) is 11.7. The summed E-state index contributed by atoms with van der Waals surface area (Å²) < 4.78 is 0. The molecule has 0 saturated carbocycles. The Labute approximate surface area is 107 Å². The molecule has 1 aromatic heterocycles. The topological polar surface area (TPSA) is 95.1 Å². The molecule has 1 amide bonds. The predicted octanol–water partition coefficient (Wildman–Crippen LogP) is 2.01. The zero-order valence-corrected chi connectivity index (χ0v) is 9.73. The van der Waals surface area contributed by atoms with Crippen molar-refractivity contribution in [2.75, 3.05) is 5.32 Å². The average molecular weight is 266 g/mol. The molecule has 0 aliphatic rings. The van der Waals surface area contributed by atoms with E-state index < -0.39 is 11.9 Å². The third-order valence-corrected chi connectivity index (χ3v) is 2.52. The van der Waals surface area contributed by atoms with Crippen molar-refractivity contribution >= 4 is 29.2 Å². The molecule has 18 heavy (non-hydrogen) atoms. The summed E-state index contributed by atoms with van der Waals surface area (Å²) >= 11 is 5.87. The molecule has 2 aromatic rings. The van der Waals surface area contributed by atoms with Crippen molar-refractivity contribution in [2.45, 2.75) is 0 Å². The summed E-state index contributed by atoms with van der Waals surface area (Å²) in [4.78, 5) is 28.7. The highest BCUT2D eigenvalue weighted by molar-refractivity contribution is 6.33. The quantitative estimate of drug-likeness (QED) is 0.791. The van der Waals surface area contributed by atoms with Crippen LogP contribution in [0, 0.1) is 0 Å². The number of aromatic nitrogens is 2. The molecule has 0 atom stereocenters. The van der Waals surface area contributed by atoms with E-state index in [0.717, 1.165) is 6.33 Å². The van der Waals surface area contributed by atoms with E-state index in [1.807, 2.05) is 0 Å². The zero-order valence-electron chi connectivity index (χ0n) is 8.98. The molecule has 0 aliphatic heterocycles. The number of nitrogens with one attached hydrogen (secondary N) is 2. The molecule has 0 radical (unpaired) electrons. The Kier molecular flexibility index (Phi) is 3.29. The van der Waals surface area contributed by atoms with Gasteiger partial charge in [-0.05, 0) is 12.1 Å². The van der Waals surface area contributed by atoms with Crippen LogP contribution in [-0.2, 0) is 0 Å². The van der Waals surface area contributed by atoms with Gasteiger partial charge in [-0.1, -0.05) is 23.7 Å². The fourth-order valence-electron chi connectivity index (χ4n) is 1.37. The van der Waals surface area contributed by atoms with Crippen molar-refractivity contribution in [1.29, 1.82) is 0 Å². The summed E-state index contributed by atoms with van der Waals surface area (Å²) in [5.74, 6) is -1.89. The number of hydrogen-bond donors (Lipinski definition) is 3. The summed E-state index contributed by atoms with van der Waals surface area (Å²) in [7, 11) is 0. The minimum Gasteiger partial charge on any atom is -0.477 e. The lowest BCUT2D eigenvalue weighted by Crippen LogP contribution is -2.16. The van der Waals surface area contributed by atoms with Crippen molar-refractivity contribution < 1.29 is 14.7 Å². The second kappa shape index (κ2) is 4.89. The molecule has 0 aliphatic carbocycles. The molecule has 3 N–H and O–H groups in total. The number of para-hydroxylation sites is 1. The fourth-order valence-corrected chi connectivity index (χ4v) is 1.56. The van der Waals surface area contributed by atoms with Crippen molar-refractivity contribution in [3.8, 4) is 0 Å². The molecule has 2 rings (SSSR count). The molecule has 0 saturated heterocycles. The molecule has 1 heterocycles. The van der Waals surface area contributed by atoms with Crippen molar-refractivity contribution in [3.05, 3.63) is 47.0 Å². The second-order valence-electron chi connectivity index (χ2n) is 3.37. The van der Waals surface area contributed by atoms with E-state index in [-0.39, 0.29) is 11.4 Å². The van der Waals surface area contributed by atoms with Gasteiger partial charge in [0.2, 0.25) is 0 Å². The standard InChI is InChI=1S/C11H8ClN3O3/c12-6-3-1-2-4-7(6)15-10(16)8-9(11(17)18)14-5-13-8/h1-5H,(H,13,14)(H,15,16)(H,17,18). The third kappa shape index (κ3) is 2.33. The van der Waals surface area contributed by atoms with Gasteiger partial charge in [0.25, 0.3) is 5.91 Å². The summed E-state index contributed by atoms with van der Waals surface area (Å²) in [6.07, 6.45) is 1.14. The van der Waals surface area contributed by atoms with Gasteiger partial charge < -0.3 is 15.4 Å². The van der Waals surface area contributed by atoms with Crippen molar-refractivity contribution in [3.63, 3.8) is 0 Å². The maximum absolute atomic E-state index is 11.8. The number of nitrogens with zero attached hydrogens (tertiary/aromatic N) is 1. The molecular weight excluding hydrogens is 258 g/mol. The van der Waals surface area contributed by atoms with E-state index >= 15 is 0 Å². The Morgan fingerprint density at radius 3 is 2.72 bits per heavy atom. The average Bonchev–Trinajstić information content (AvgIpc) is 2.81. The van der Waals surface area contributed by atoms with Crippen LogP contribution >= 0.6 is 11.6 Å². The number of aromatic amines is 1. The number of hydrogen-bond acceptors (Lipinski definition) is 3. The highest BCUT2D eigenvalue weighted by atomic mass is 35.5. The molecular formula is C11H8ClN3O3. The van der Waals surface area contributed by atoms with Gasteiger partial charge in [-0.15, -0.1) is 0 Å². The number of rotatable bonds is 3. The van der Waals surface area contributed by atoms with Gasteiger partial charge in [0.1, 0.15) is 0 Å². The lowest BCUT2D eigenvalue weighted by atomic mass is 10.2. The van der Waals surface area contributed by atoms with Crippen LogP contribution in [0.25, 0.3) is 0 Å². The number of benzene rings is 1. The van der Waals surface area contributed by atoms with Crippen LogP contribution in [0.4, 0.5) is 5.69 Å². The Hall–Kier alpha value is -2.34. The maximum atomic E-state index is 11.8. The first-order chi connectivity index (χ1) is 8.59. The van der Waals surface area contributed by atoms with E-state index in [1.165, 1.54) is 0 Å². The smallest absolute Gasteiger partial charge is 0.354 e. The number of anilines is 1. The van der Waals surface area contributed by atoms with Crippen LogP contribution in [0.1, 0.15) is 21.0 Å². The lowest BCUT2D eigenvalue weighted by Gasteiger charge is -2.05. The molecule has 6 nitrogen and oxygen atoms in total. The number of imidazole rings is 1. The number of carboxylic acids is 1. The van der Waals surface area contributed by atoms with E-state index in [0.29, 0.717) is 10.7 Å². The van der Waals surface area contributed by atoms with Gasteiger partial charge in [0.05, 0.1) is 17.0 Å². The van der Waals surface area contributed by atoms with Gasteiger partial charge in [-0.3, -0.25) is 4.79 Å². The van der Waals surface area contributed by atoms with E-state index in [4.69, 9.17) is 16.7 Å². The minimum atomic E-state index is -1.25. The zero-order chi connectivity index (χ0) is 13.1. The normalized spacial score (nSPS) is 10.1. The first-order valence-corrected chi connectivity index (χ1v) is 5.30. The number of amides is 1. The first-order valence-electron chi connectivity index (χ1n) is 4.92. The van der Waals surface area contributed by atoms with Crippen LogP contribution in [0.2, 0.25) is 5.02 Å². The largest absolute Gasteiger partial charge is 0.477 e. The second-order valence-corrected chi connectivity index (χ2v) is 3.77. The highest BCUT2D eigenvalue weighted by Crippen LogP contribution is 2.21. The number of carbonyl (C=O) groups excluding carboxylic acids is 1. The predicted molar refractivity (Wildman–Crippen MR) is 65.0 cm³/mol. The number of H-pyrrole nitrogens is 1. The van der Waals surface area contributed by atoms with Crippen molar-refractivity contribution in [1.82, 2.24) is 9.97 Å². The first kappa shape index (κ1) is 12.1. The SMILES string of the molecule is O=C(Nc1ccccc1Cl)c1nc[nH]c1C(=O)O. The molecule has 0 bridgehead atoms. The number of carbonyl (C=O) groups is 2. The van der Waals surface area contributed by atoms with Gasteiger partial charge in [-0.2, -0.15) is 0 Å². The Morgan fingerprint density at radius 1 is 1.33 bits per heavy atom. The van der Waals surface area contributed by atoms with E-state index in [1.54, 1.807) is 24.3 Å². The lowest BCUT2D eigenvalue weighted by molar-refractivity contribution is 0.0686. The van der Waals surface area contributed by atoms with Crippen LogP contribution in [0.5, 0.6) is 0 Å². The van der Waals surface area contributed by atoms with Crippen LogP contribution in [-0.4, -0.2) is 27.0 Å². The van der Waals surface area contributed by atoms with Gasteiger partial charge >= 0.3 is 5.97 Å². The van der Waals surface area contributed by atoms with E-state index in [9.17, 15) is 9.59 Å². The number of carboxylic acid groups (broad SMARTS) is 1. The van der Waals surface area contributed by atoms with Gasteiger partial charge in [0.15, 0.2) is 11.4 Å².